The van der Waals surface area contributed by atoms with E-state index in [2.05, 4.69) is 13.8 Å². The van der Waals surface area contributed by atoms with Gasteiger partial charge in [-0.25, -0.2) is 0 Å². The number of carbonyl (C=O) groups is 1. The smallest absolute Gasteiger partial charge is 0.266 e. The summed E-state index contributed by atoms with van der Waals surface area (Å²) in [7, 11) is 0. The Morgan fingerprint density at radius 2 is 2.00 bits per heavy atom. The molecule has 1 aromatic carbocycles. The van der Waals surface area contributed by atoms with Gasteiger partial charge in [0.05, 0.1) is 5.69 Å². The van der Waals surface area contributed by atoms with Crippen molar-refractivity contribution in [1.29, 1.82) is 0 Å². The first kappa shape index (κ1) is 15.0. The highest BCUT2D eigenvalue weighted by Crippen LogP contribution is 2.37. The number of thiophene rings is 1. The highest BCUT2D eigenvalue weighted by molar-refractivity contribution is 8.00. The number of hydrogen-bond acceptors (Lipinski definition) is 4. The van der Waals surface area contributed by atoms with Gasteiger partial charge in [0, 0.05) is 38.7 Å². The second kappa shape index (κ2) is 5.71. The number of nitrogens with zero attached hydrogens (tertiary/aromatic N) is 1. The molecule has 21 heavy (non-hydrogen) atoms. The monoisotopic (exact) mass is 340 g/mol. The summed E-state index contributed by atoms with van der Waals surface area (Å²) in [6.07, 6.45) is 0. The van der Waals surface area contributed by atoms with Crippen LogP contribution in [0.2, 0.25) is 5.02 Å². The van der Waals surface area contributed by atoms with Crippen molar-refractivity contribution < 1.29 is 4.79 Å². The Balaban J connectivity index is 1.96. The fourth-order valence-electron chi connectivity index (χ4n) is 2.74. The molecule has 3 rings (SSSR count). The zero-order chi connectivity index (χ0) is 15.1. The van der Waals surface area contributed by atoms with Crippen molar-refractivity contribution in [2.75, 3.05) is 18.8 Å². The van der Waals surface area contributed by atoms with Crippen molar-refractivity contribution in [2.24, 2.45) is 0 Å². The molecule has 2 aromatic rings. The van der Waals surface area contributed by atoms with E-state index in [4.69, 9.17) is 17.3 Å². The highest BCUT2D eigenvalue weighted by atomic mass is 35.5. The molecular formula is C15H17ClN2OS2. The van der Waals surface area contributed by atoms with Gasteiger partial charge in [-0.3, -0.25) is 4.79 Å². The van der Waals surface area contributed by atoms with Gasteiger partial charge in [0.2, 0.25) is 0 Å². The van der Waals surface area contributed by atoms with E-state index >= 15 is 0 Å². The number of thioether (sulfide) groups is 1. The van der Waals surface area contributed by atoms with Crippen molar-refractivity contribution in [3.05, 3.63) is 28.1 Å². The number of anilines is 1. The van der Waals surface area contributed by atoms with E-state index in [0.717, 1.165) is 23.2 Å². The van der Waals surface area contributed by atoms with Crippen LogP contribution in [0.1, 0.15) is 23.5 Å². The van der Waals surface area contributed by atoms with Crippen LogP contribution in [0, 0.1) is 0 Å². The summed E-state index contributed by atoms with van der Waals surface area (Å²) in [5.74, 6) is 0.0452. The number of hydrogen-bond donors (Lipinski definition) is 1. The fraction of sp³-hybridized carbons (Fsp3) is 0.400. The molecule has 6 heteroatoms. The first-order valence-electron chi connectivity index (χ1n) is 6.88. The number of nitrogens with two attached hydrogens (primary N) is 1. The lowest BCUT2D eigenvalue weighted by molar-refractivity contribution is 0.0759. The second-order valence-electron chi connectivity index (χ2n) is 5.45. The molecule has 1 fully saturated rings. The van der Waals surface area contributed by atoms with Crippen LogP contribution in [0.15, 0.2) is 18.2 Å². The van der Waals surface area contributed by atoms with Crippen molar-refractivity contribution in [1.82, 2.24) is 4.90 Å². The van der Waals surface area contributed by atoms with Crippen LogP contribution in [0.3, 0.4) is 0 Å². The average molecular weight is 341 g/mol. The molecule has 0 radical (unpaired) electrons. The molecule has 2 heterocycles. The summed E-state index contributed by atoms with van der Waals surface area (Å²) in [5, 5.41) is 2.44. The molecule has 2 unspecified atom stereocenters. The number of halogens is 1. The summed E-state index contributed by atoms with van der Waals surface area (Å²) >= 11 is 9.40. The predicted octanol–water partition coefficient (Wildman–Crippen LogP) is 4.10. The minimum atomic E-state index is 0.0452. The van der Waals surface area contributed by atoms with Crippen molar-refractivity contribution >= 4 is 56.4 Å². The van der Waals surface area contributed by atoms with E-state index in [-0.39, 0.29) is 5.91 Å². The maximum absolute atomic E-state index is 12.8. The number of rotatable bonds is 1. The van der Waals surface area contributed by atoms with Crippen LogP contribution in [0.4, 0.5) is 5.69 Å². The van der Waals surface area contributed by atoms with Gasteiger partial charge in [-0.1, -0.05) is 25.4 Å². The Labute approximate surface area is 137 Å². The van der Waals surface area contributed by atoms with Gasteiger partial charge in [0.1, 0.15) is 4.88 Å². The third kappa shape index (κ3) is 2.87. The molecule has 1 amide bonds. The fourth-order valence-corrected chi connectivity index (χ4v) is 5.30. The standard InChI is InChI=1S/C15H17ClN2OS2/c1-8-6-18(7-9(2)20-8)15(19)14-13(17)11-5-10(16)3-4-12(11)21-14/h3-5,8-9H,6-7,17H2,1-2H3. The van der Waals surface area contributed by atoms with Crippen LogP contribution in [-0.2, 0) is 0 Å². The van der Waals surface area contributed by atoms with Crippen LogP contribution in [0.5, 0.6) is 0 Å². The molecule has 0 bridgehead atoms. The quantitative estimate of drug-likeness (QED) is 0.850. The van der Waals surface area contributed by atoms with Crippen molar-refractivity contribution in [3.8, 4) is 0 Å². The van der Waals surface area contributed by atoms with Crippen LogP contribution in [-0.4, -0.2) is 34.4 Å². The molecule has 2 N–H and O–H groups in total. The zero-order valence-corrected chi connectivity index (χ0v) is 14.3. The minimum Gasteiger partial charge on any atom is -0.397 e. The SMILES string of the molecule is CC1CN(C(=O)c2sc3ccc(Cl)cc3c2N)CC(C)S1. The zero-order valence-electron chi connectivity index (χ0n) is 11.9. The number of fused-ring (bicyclic) bond motifs is 1. The third-order valence-corrected chi connectivity index (χ3v) is 6.23. The van der Waals surface area contributed by atoms with Gasteiger partial charge in [0.15, 0.2) is 0 Å². The number of amides is 1. The van der Waals surface area contributed by atoms with Crippen LogP contribution >= 0.6 is 34.7 Å². The predicted molar refractivity (Wildman–Crippen MR) is 93.7 cm³/mol. The van der Waals surface area contributed by atoms with Crippen LogP contribution in [0.25, 0.3) is 10.1 Å². The topological polar surface area (TPSA) is 46.3 Å². The Morgan fingerprint density at radius 3 is 2.67 bits per heavy atom. The molecule has 3 nitrogen and oxygen atoms in total. The summed E-state index contributed by atoms with van der Waals surface area (Å²) in [5.41, 5.74) is 6.74. The van der Waals surface area contributed by atoms with E-state index in [1.807, 2.05) is 34.9 Å². The lowest BCUT2D eigenvalue weighted by Crippen LogP contribution is -2.43. The maximum atomic E-state index is 12.8. The molecule has 1 saturated heterocycles. The number of nitrogen functional groups attached to an aromatic ring is 1. The summed E-state index contributed by atoms with van der Waals surface area (Å²) in [6, 6.07) is 5.58. The van der Waals surface area contributed by atoms with Gasteiger partial charge >= 0.3 is 0 Å². The van der Waals surface area contributed by atoms with E-state index in [0.29, 0.717) is 26.1 Å². The summed E-state index contributed by atoms with van der Waals surface area (Å²) < 4.78 is 1.01. The molecule has 0 saturated carbocycles. The van der Waals surface area contributed by atoms with Gasteiger partial charge in [-0.15, -0.1) is 11.3 Å². The average Bonchev–Trinajstić information content (AvgIpc) is 2.74. The molecule has 1 aliphatic heterocycles. The normalized spacial score (nSPS) is 22.7. The molecule has 112 valence electrons. The Kier molecular flexibility index (Phi) is 4.08. The summed E-state index contributed by atoms with van der Waals surface area (Å²) in [4.78, 5) is 15.3. The van der Waals surface area contributed by atoms with E-state index in [1.165, 1.54) is 11.3 Å². The maximum Gasteiger partial charge on any atom is 0.266 e. The molecule has 2 atom stereocenters. The van der Waals surface area contributed by atoms with Crippen molar-refractivity contribution in [2.45, 2.75) is 24.3 Å². The molecule has 0 spiro atoms. The van der Waals surface area contributed by atoms with Crippen LogP contribution < -0.4 is 5.73 Å². The first-order chi connectivity index (χ1) is 9.95. The second-order valence-corrected chi connectivity index (χ2v) is 8.82. The highest BCUT2D eigenvalue weighted by Gasteiger charge is 2.29. The van der Waals surface area contributed by atoms with Crippen molar-refractivity contribution in [3.63, 3.8) is 0 Å². The largest absolute Gasteiger partial charge is 0.397 e. The number of benzene rings is 1. The minimum absolute atomic E-state index is 0.0452. The Hall–Kier alpha value is -0.910. The lowest BCUT2D eigenvalue weighted by atomic mass is 10.2. The van der Waals surface area contributed by atoms with Gasteiger partial charge in [0.25, 0.3) is 5.91 Å². The lowest BCUT2D eigenvalue weighted by Gasteiger charge is -2.34. The molecule has 0 aliphatic carbocycles. The van der Waals surface area contributed by atoms with Gasteiger partial charge in [-0.2, -0.15) is 11.8 Å². The molecule has 1 aromatic heterocycles. The van der Waals surface area contributed by atoms with Gasteiger partial charge in [-0.05, 0) is 18.2 Å². The summed E-state index contributed by atoms with van der Waals surface area (Å²) in [6.45, 7) is 5.88. The van der Waals surface area contributed by atoms with Gasteiger partial charge < -0.3 is 10.6 Å². The van der Waals surface area contributed by atoms with E-state index in [1.54, 1.807) is 0 Å². The third-order valence-electron chi connectivity index (χ3n) is 3.59. The van der Waals surface area contributed by atoms with E-state index < -0.39 is 0 Å². The van der Waals surface area contributed by atoms with E-state index in [9.17, 15) is 4.79 Å². The molecular weight excluding hydrogens is 324 g/mol. The Morgan fingerprint density at radius 1 is 1.33 bits per heavy atom. The molecule has 1 aliphatic rings. The Bertz CT molecular complexity index is 690. The first-order valence-corrected chi connectivity index (χ1v) is 9.01. The number of carbonyl (C=O) groups excluding carboxylic acids is 1.